The minimum Gasteiger partial charge on any atom is -0.497 e. The average Bonchev–Trinajstić information content (AvgIpc) is 3.72. The number of aromatic nitrogens is 4. The van der Waals surface area contributed by atoms with Crippen molar-refractivity contribution >= 4 is 35.1 Å². The van der Waals surface area contributed by atoms with Crippen LogP contribution in [0.15, 0.2) is 79.1 Å². The summed E-state index contributed by atoms with van der Waals surface area (Å²) in [4.78, 5) is 45.1. The second kappa shape index (κ2) is 17.7. The van der Waals surface area contributed by atoms with Crippen molar-refractivity contribution in [2.45, 2.75) is 33.4 Å². The van der Waals surface area contributed by atoms with E-state index in [0.29, 0.717) is 70.1 Å². The van der Waals surface area contributed by atoms with Crippen LogP contribution in [0.2, 0.25) is 0 Å². The Balaban J connectivity index is 1.08. The fourth-order valence-corrected chi connectivity index (χ4v) is 7.74. The average molecular weight is 785 g/mol. The van der Waals surface area contributed by atoms with E-state index in [1.54, 1.807) is 19.1 Å². The Morgan fingerprint density at radius 1 is 0.793 bits per heavy atom. The molecule has 14 nitrogen and oxygen atoms in total. The molecule has 0 unspecified atom stereocenters. The molecule has 0 radical (unpaired) electrons. The number of amides is 2. The number of rotatable bonds is 12. The largest absolute Gasteiger partial charge is 0.497 e. The molecular weight excluding hydrogens is 733 g/mol. The van der Waals surface area contributed by atoms with Crippen LogP contribution in [0, 0.1) is 6.92 Å². The number of carbonyl (C=O) groups excluding carboxylic acids is 1. The first-order valence-electron chi connectivity index (χ1n) is 20.1. The Morgan fingerprint density at radius 3 is 2.03 bits per heavy atom. The molecule has 3 aliphatic rings. The predicted molar refractivity (Wildman–Crippen MR) is 228 cm³/mol. The Hall–Kier alpha value is -5.99. The molecule has 0 bridgehead atoms. The number of nitrogens with zero attached hydrogens (tertiary/aromatic N) is 9. The fraction of sp³-hybridized carbons (Fsp3) is 0.386. The number of piperazine rings is 1. The second-order valence-corrected chi connectivity index (χ2v) is 14.9. The molecule has 5 heterocycles. The number of benzene rings is 3. The Labute approximate surface area is 340 Å². The maximum absolute atomic E-state index is 14.2. The SMILES string of the molecule is CCN1CCN(c2ccc(C)c(NC(=O)N3CCc4c(-c5cnc(N(Cc6ccc(OC)cc6)Cc6ccc(OC)cc6)nc5)nc(N5CCOCC5)nc43)c2)CC1. The van der Waals surface area contributed by atoms with Gasteiger partial charge in [-0.2, -0.15) is 4.98 Å². The van der Waals surface area contributed by atoms with Gasteiger partial charge in [0.2, 0.25) is 11.9 Å². The van der Waals surface area contributed by atoms with Crippen molar-refractivity contribution in [3.05, 3.63) is 101 Å². The van der Waals surface area contributed by atoms with Gasteiger partial charge in [0.1, 0.15) is 17.3 Å². The van der Waals surface area contributed by atoms with Crippen molar-refractivity contribution in [3.63, 3.8) is 0 Å². The van der Waals surface area contributed by atoms with Crippen LogP contribution in [0.4, 0.5) is 33.9 Å². The molecule has 5 aromatic rings. The van der Waals surface area contributed by atoms with Crippen LogP contribution in [-0.2, 0) is 24.2 Å². The van der Waals surface area contributed by atoms with E-state index in [0.717, 1.165) is 89.1 Å². The monoisotopic (exact) mass is 784 g/mol. The Bertz CT molecular complexity index is 2120. The molecule has 0 aliphatic carbocycles. The molecule has 0 saturated carbocycles. The van der Waals surface area contributed by atoms with E-state index >= 15 is 0 Å². The van der Waals surface area contributed by atoms with Gasteiger partial charge in [0.25, 0.3) is 0 Å². The van der Waals surface area contributed by atoms with Gasteiger partial charge in [-0.1, -0.05) is 37.3 Å². The molecule has 0 atom stereocenters. The molecule has 3 aromatic carbocycles. The summed E-state index contributed by atoms with van der Waals surface area (Å²) in [5.41, 5.74) is 7.51. The highest BCUT2D eigenvalue weighted by Crippen LogP contribution is 2.37. The summed E-state index contributed by atoms with van der Waals surface area (Å²) < 4.78 is 16.4. The molecule has 302 valence electrons. The smallest absolute Gasteiger partial charge is 0.327 e. The van der Waals surface area contributed by atoms with Crippen molar-refractivity contribution < 1.29 is 19.0 Å². The molecule has 2 aromatic heterocycles. The number of likely N-dealkylation sites (N-methyl/N-ethyl adjacent to an activating group) is 1. The predicted octanol–water partition coefficient (Wildman–Crippen LogP) is 6.04. The van der Waals surface area contributed by atoms with Gasteiger partial charge in [-0.05, 0) is 73.0 Å². The van der Waals surface area contributed by atoms with E-state index in [9.17, 15) is 4.79 Å². The third kappa shape index (κ3) is 8.63. The number of morpholine rings is 1. The van der Waals surface area contributed by atoms with E-state index in [1.165, 1.54) is 0 Å². The highest BCUT2D eigenvalue weighted by atomic mass is 16.5. The summed E-state index contributed by atoms with van der Waals surface area (Å²) in [6.45, 7) is 13.4. The number of anilines is 5. The molecule has 2 fully saturated rings. The molecule has 58 heavy (non-hydrogen) atoms. The van der Waals surface area contributed by atoms with Crippen molar-refractivity contribution in [3.8, 4) is 22.8 Å². The van der Waals surface area contributed by atoms with E-state index in [2.05, 4.69) is 74.3 Å². The molecule has 2 saturated heterocycles. The van der Waals surface area contributed by atoms with Crippen molar-refractivity contribution in [1.29, 1.82) is 0 Å². The summed E-state index contributed by atoms with van der Waals surface area (Å²) in [7, 11) is 3.33. The molecule has 2 amide bonds. The summed E-state index contributed by atoms with van der Waals surface area (Å²) in [5, 5.41) is 3.23. The first-order chi connectivity index (χ1) is 28.4. The summed E-state index contributed by atoms with van der Waals surface area (Å²) >= 11 is 0. The summed E-state index contributed by atoms with van der Waals surface area (Å²) in [5.74, 6) is 3.36. The second-order valence-electron chi connectivity index (χ2n) is 14.9. The minimum absolute atomic E-state index is 0.216. The van der Waals surface area contributed by atoms with Gasteiger partial charge in [-0.25, -0.2) is 19.7 Å². The zero-order chi connectivity index (χ0) is 40.0. The minimum atomic E-state index is -0.216. The molecule has 3 aliphatic heterocycles. The van der Waals surface area contributed by atoms with Crippen LogP contribution >= 0.6 is 0 Å². The number of carbonyl (C=O) groups is 1. The van der Waals surface area contributed by atoms with Gasteiger partial charge in [-0.3, -0.25) is 4.90 Å². The van der Waals surface area contributed by atoms with Gasteiger partial charge < -0.3 is 39.1 Å². The lowest BCUT2D eigenvalue weighted by Gasteiger charge is -2.35. The normalized spacial score (nSPS) is 15.6. The number of ether oxygens (including phenoxy) is 3. The highest BCUT2D eigenvalue weighted by molar-refractivity contribution is 6.03. The van der Waals surface area contributed by atoms with Crippen LogP contribution < -0.4 is 34.4 Å². The zero-order valence-electron chi connectivity index (χ0n) is 33.9. The molecular formula is C44H52N10O4. The topological polar surface area (TPSA) is 125 Å². The lowest BCUT2D eigenvalue weighted by Crippen LogP contribution is -2.46. The van der Waals surface area contributed by atoms with Gasteiger partial charge >= 0.3 is 6.03 Å². The first kappa shape index (κ1) is 38.9. The number of aryl methyl sites for hydroxylation is 1. The van der Waals surface area contributed by atoms with E-state index in [4.69, 9.17) is 34.1 Å². The molecule has 14 heteroatoms. The number of methoxy groups -OCH3 is 2. The van der Waals surface area contributed by atoms with Crippen molar-refractivity contribution in [1.82, 2.24) is 24.8 Å². The lowest BCUT2D eigenvalue weighted by atomic mass is 10.1. The lowest BCUT2D eigenvalue weighted by molar-refractivity contribution is 0.122. The Kier molecular flexibility index (Phi) is 11.8. The third-order valence-electron chi connectivity index (χ3n) is 11.3. The quantitative estimate of drug-likeness (QED) is 0.159. The Morgan fingerprint density at radius 2 is 1.43 bits per heavy atom. The van der Waals surface area contributed by atoms with Crippen LogP contribution in [0.25, 0.3) is 11.3 Å². The van der Waals surface area contributed by atoms with E-state index < -0.39 is 0 Å². The third-order valence-corrected chi connectivity index (χ3v) is 11.3. The van der Waals surface area contributed by atoms with Gasteiger partial charge in [-0.15, -0.1) is 0 Å². The maximum Gasteiger partial charge on any atom is 0.327 e. The highest BCUT2D eigenvalue weighted by Gasteiger charge is 2.32. The van der Waals surface area contributed by atoms with E-state index in [1.807, 2.05) is 43.6 Å². The number of hydrogen-bond acceptors (Lipinski definition) is 12. The number of fused-ring (bicyclic) bond motifs is 1. The standard InChI is InChI=1S/C44H52N10O4/c1-5-50-18-20-51(21-19-50)35-11-6-31(2)39(26-35)47-44(55)54-17-16-38-40(48-43(49-41(38)54)52-22-24-58-25-23-52)34-27-45-42(46-28-34)53(29-32-7-12-36(56-3)13-8-32)30-33-9-14-37(57-4)15-10-33/h6-15,26-28H,5,16-25,29-30H2,1-4H3,(H,47,55). The summed E-state index contributed by atoms with van der Waals surface area (Å²) in [6.07, 6.45) is 4.27. The van der Waals surface area contributed by atoms with Crippen LogP contribution in [0.5, 0.6) is 11.5 Å². The number of urea groups is 1. The van der Waals surface area contributed by atoms with Gasteiger partial charge in [0.05, 0.1) is 33.1 Å². The number of nitrogens with one attached hydrogen (secondary N) is 1. The van der Waals surface area contributed by atoms with Gasteiger partial charge in [0, 0.05) is 93.8 Å². The maximum atomic E-state index is 14.2. The molecule has 0 spiro atoms. The summed E-state index contributed by atoms with van der Waals surface area (Å²) in [6, 6.07) is 22.2. The van der Waals surface area contributed by atoms with Crippen LogP contribution in [-0.4, -0.2) is 111 Å². The van der Waals surface area contributed by atoms with Crippen molar-refractivity contribution in [2.24, 2.45) is 0 Å². The zero-order valence-corrected chi connectivity index (χ0v) is 33.9. The first-order valence-corrected chi connectivity index (χ1v) is 20.1. The van der Waals surface area contributed by atoms with Crippen LogP contribution in [0.3, 0.4) is 0 Å². The van der Waals surface area contributed by atoms with Gasteiger partial charge in [0.15, 0.2) is 0 Å². The number of hydrogen-bond donors (Lipinski definition) is 1. The fourth-order valence-electron chi connectivity index (χ4n) is 7.74. The molecule has 1 N–H and O–H groups in total. The van der Waals surface area contributed by atoms with E-state index in [-0.39, 0.29) is 6.03 Å². The van der Waals surface area contributed by atoms with Crippen molar-refractivity contribution in [2.75, 3.05) is 105 Å². The van der Waals surface area contributed by atoms with Crippen LogP contribution in [0.1, 0.15) is 29.2 Å². The molecule has 8 rings (SSSR count).